The minimum absolute atomic E-state index is 0.498. The van der Waals surface area contributed by atoms with Crippen LogP contribution in [-0.2, 0) is 6.54 Å². The molecule has 0 radical (unpaired) electrons. The van der Waals surface area contributed by atoms with Gasteiger partial charge in [0.05, 0.1) is 10.6 Å². The first-order valence-corrected chi connectivity index (χ1v) is 7.63. The van der Waals surface area contributed by atoms with Crippen LogP contribution in [0.3, 0.4) is 0 Å². The van der Waals surface area contributed by atoms with Gasteiger partial charge in [-0.2, -0.15) is 0 Å². The molecule has 100 valence electrons. The highest BCUT2D eigenvalue weighted by Crippen LogP contribution is 2.27. The second kappa shape index (κ2) is 6.38. The predicted octanol–water partition coefficient (Wildman–Crippen LogP) is 3.89. The van der Waals surface area contributed by atoms with Crippen molar-refractivity contribution in [2.24, 2.45) is 0 Å². The first kappa shape index (κ1) is 14.3. The Kier molecular flexibility index (Phi) is 5.07. The molecule has 0 unspecified atom stereocenters. The maximum atomic E-state index is 10.4. The van der Waals surface area contributed by atoms with E-state index in [9.17, 15) is 5.11 Å². The van der Waals surface area contributed by atoms with Crippen molar-refractivity contribution in [3.05, 3.63) is 33.3 Å². The molecule has 1 aromatic carbocycles. The number of halogens is 2. The minimum Gasteiger partial charge on any atom is -0.389 e. The van der Waals surface area contributed by atoms with Crippen LogP contribution in [0.25, 0.3) is 0 Å². The average Bonchev–Trinajstić information content (AvgIpc) is 2.34. The van der Waals surface area contributed by atoms with Crippen molar-refractivity contribution in [1.29, 1.82) is 0 Å². The Morgan fingerprint density at radius 2 is 2.00 bits per heavy atom. The van der Waals surface area contributed by atoms with Gasteiger partial charge >= 0.3 is 0 Å². The second-order valence-electron chi connectivity index (χ2n) is 5.14. The van der Waals surface area contributed by atoms with Gasteiger partial charge in [-0.1, -0.05) is 36.9 Å². The summed E-state index contributed by atoms with van der Waals surface area (Å²) in [4.78, 5) is 0. The Morgan fingerprint density at radius 3 is 2.67 bits per heavy atom. The van der Waals surface area contributed by atoms with Crippen LogP contribution >= 0.6 is 27.5 Å². The van der Waals surface area contributed by atoms with E-state index in [4.69, 9.17) is 11.6 Å². The zero-order valence-corrected chi connectivity index (χ0v) is 12.7. The maximum Gasteiger partial charge on any atom is 0.0771 e. The lowest BCUT2D eigenvalue weighted by Crippen LogP contribution is -2.41. The molecule has 1 aliphatic carbocycles. The van der Waals surface area contributed by atoms with Crippen LogP contribution in [0.2, 0.25) is 5.02 Å². The zero-order valence-electron chi connectivity index (χ0n) is 10.4. The Balaban J connectivity index is 1.82. The third kappa shape index (κ3) is 3.95. The molecule has 1 saturated carbocycles. The molecule has 1 aliphatic rings. The molecule has 0 spiro atoms. The van der Waals surface area contributed by atoms with Crippen molar-refractivity contribution in [3.8, 4) is 0 Å². The zero-order chi connectivity index (χ0) is 13.0. The molecule has 0 heterocycles. The summed E-state index contributed by atoms with van der Waals surface area (Å²) in [7, 11) is 0. The molecular formula is C14H19BrClNO. The van der Waals surface area contributed by atoms with Crippen molar-refractivity contribution in [2.45, 2.75) is 44.2 Å². The van der Waals surface area contributed by atoms with E-state index in [0.717, 1.165) is 41.7 Å². The Labute approximate surface area is 122 Å². The van der Waals surface area contributed by atoms with E-state index in [1.807, 2.05) is 18.2 Å². The van der Waals surface area contributed by atoms with E-state index in [-0.39, 0.29) is 0 Å². The van der Waals surface area contributed by atoms with Gasteiger partial charge in [0, 0.05) is 17.6 Å². The summed E-state index contributed by atoms with van der Waals surface area (Å²) < 4.78 is 0.917. The minimum atomic E-state index is -0.498. The molecule has 0 saturated heterocycles. The van der Waals surface area contributed by atoms with Crippen LogP contribution in [0.15, 0.2) is 22.7 Å². The van der Waals surface area contributed by atoms with Gasteiger partial charge in [0.15, 0.2) is 0 Å². The molecule has 1 fully saturated rings. The molecule has 0 amide bonds. The summed E-state index contributed by atoms with van der Waals surface area (Å²) in [5.41, 5.74) is 0.674. The van der Waals surface area contributed by atoms with E-state index in [1.165, 1.54) is 12.0 Å². The molecule has 2 N–H and O–H groups in total. The Morgan fingerprint density at radius 1 is 1.28 bits per heavy atom. The van der Waals surface area contributed by atoms with Crippen molar-refractivity contribution in [1.82, 2.24) is 5.32 Å². The van der Waals surface area contributed by atoms with Gasteiger partial charge in [0.25, 0.3) is 0 Å². The monoisotopic (exact) mass is 331 g/mol. The third-order valence-electron chi connectivity index (χ3n) is 3.55. The second-order valence-corrected chi connectivity index (χ2v) is 6.40. The SMILES string of the molecule is OC1(CNCc2ccc(Cl)c(Br)c2)CCCCC1. The van der Waals surface area contributed by atoms with Gasteiger partial charge in [-0.25, -0.2) is 0 Å². The summed E-state index contributed by atoms with van der Waals surface area (Å²) in [6, 6.07) is 5.91. The van der Waals surface area contributed by atoms with E-state index in [1.54, 1.807) is 0 Å². The van der Waals surface area contributed by atoms with E-state index < -0.39 is 5.60 Å². The van der Waals surface area contributed by atoms with Gasteiger partial charge in [0.2, 0.25) is 0 Å². The summed E-state index contributed by atoms with van der Waals surface area (Å²) >= 11 is 9.37. The van der Waals surface area contributed by atoms with Crippen LogP contribution in [0.4, 0.5) is 0 Å². The van der Waals surface area contributed by atoms with Crippen molar-refractivity contribution in [3.63, 3.8) is 0 Å². The first-order valence-electron chi connectivity index (χ1n) is 6.46. The van der Waals surface area contributed by atoms with Crippen molar-refractivity contribution >= 4 is 27.5 Å². The fourth-order valence-electron chi connectivity index (χ4n) is 2.48. The molecule has 0 atom stereocenters. The maximum absolute atomic E-state index is 10.4. The first-order chi connectivity index (χ1) is 8.59. The fourth-order valence-corrected chi connectivity index (χ4v) is 3.02. The Bertz CT molecular complexity index is 405. The van der Waals surface area contributed by atoms with Gasteiger partial charge in [-0.3, -0.25) is 0 Å². The smallest absolute Gasteiger partial charge is 0.0771 e. The van der Waals surface area contributed by atoms with Crippen molar-refractivity contribution in [2.75, 3.05) is 6.54 Å². The topological polar surface area (TPSA) is 32.3 Å². The highest BCUT2D eigenvalue weighted by Gasteiger charge is 2.28. The van der Waals surface area contributed by atoms with Gasteiger partial charge in [0.1, 0.15) is 0 Å². The van der Waals surface area contributed by atoms with Gasteiger partial charge in [-0.05, 0) is 46.5 Å². The standard InChI is InChI=1S/C14H19BrClNO/c15-12-8-11(4-5-13(12)16)9-17-10-14(18)6-2-1-3-7-14/h4-5,8,17-18H,1-3,6-7,9-10H2. The number of rotatable bonds is 4. The molecule has 4 heteroatoms. The molecule has 0 bridgehead atoms. The average molecular weight is 333 g/mol. The van der Waals surface area contributed by atoms with Crippen LogP contribution in [-0.4, -0.2) is 17.3 Å². The largest absolute Gasteiger partial charge is 0.389 e. The molecule has 1 aromatic rings. The van der Waals surface area contributed by atoms with Gasteiger partial charge < -0.3 is 10.4 Å². The molecule has 18 heavy (non-hydrogen) atoms. The third-order valence-corrected chi connectivity index (χ3v) is 4.77. The normalized spacial score (nSPS) is 18.8. The molecule has 2 rings (SSSR count). The number of aliphatic hydroxyl groups is 1. The summed E-state index contributed by atoms with van der Waals surface area (Å²) in [6.07, 6.45) is 5.39. The number of hydrogen-bond donors (Lipinski definition) is 2. The molecule has 0 aromatic heterocycles. The van der Waals surface area contributed by atoms with Crippen LogP contribution in [0.1, 0.15) is 37.7 Å². The summed E-state index contributed by atoms with van der Waals surface area (Å²) in [5.74, 6) is 0. The number of hydrogen-bond acceptors (Lipinski definition) is 2. The fraction of sp³-hybridized carbons (Fsp3) is 0.571. The Hall–Kier alpha value is -0.0900. The van der Waals surface area contributed by atoms with E-state index in [0.29, 0.717) is 6.54 Å². The molecule has 2 nitrogen and oxygen atoms in total. The summed E-state index contributed by atoms with van der Waals surface area (Å²) in [5, 5.41) is 14.4. The van der Waals surface area contributed by atoms with Gasteiger partial charge in [-0.15, -0.1) is 0 Å². The number of benzene rings is 1. The molecule has 0 aliphatic heterocycles. The van der Waals surface area contributed by atoms with Crippen LogP contribution < -0.4 is 5.32 Å². The quantitative estimate of drug-likeness (QED) is 0.877. The van der Waals surface area contributed by atoms with Crippen LogP contribution in [0, 0.1) is 0 Å². The van der Waals surface area contributed by atoms with E-state index >= 15 is 0 Å². The lowest BCUT2D eigenvalue weighted by Gasteiger charge is -2.32. The lowest BCUT2D eigenvalue weighted by atomic mass is 9.85. The molecular weight excluding hydrogens is 314 g/mol. The predicted molar refractivity (Wildman–Crippen MR) is 78.9 cm³/mol. The van der Waals surface area contributed by atoms with E-state index in [2.05, 4.69) is 21.2 Å². The summed E-state index contributed by atoms with van der Waals surface area (Å²) in [6.45, 7) is 1.44. The highest BCUT2D eigenvalue weighted by molar-refractivity contribution is 9.10. The van der Waals surface area contributed by atoms with Crippen molar-refractivity contribution < 1.29 is 5.11 Å². The number of nitrogens with one attached hydrogen (secondary N) is 1. The highest BCUT2D eigenvalue weighted by atomic mass is 79.9. The lowest BCUT2D eigenvalue weighted by molar-refractivity contribution is 0.00467. The van der Waals surface area contributed by atoms with Crippen LogP contribution in [0.5, 0.6) is 0 Å².